The molecule has 37 heavy (non-hydrogen) atoms. The lowest BCUT2D eigenvalue weighted by Crippen LogP contribution is -2.48. The minimum atomic E-state index is -2.27. The number of rotatable bonds is 3. The van der Waals surface area contributed by atoms with E-state index in [1.54, 1.807) is 0 Å². The van der Waals surface area contributed by atoms with E-state index in [2.05, 4.69) is 115 Å². The maximum Gasteiger partial charge on any atom is 0.122 e. The van der Waals surface area contributed by atoms with Crippen LogP contribution in [0.1, 0.15) is 69.3 Å². The zero-order valence-corrected chi connectivity index (χ0v) is 24.6. The van der Waals surface area contributed by atoms with Crippen molar-refractivity contribution < 1.29 is 5.11 Å². The highest BCUT2D eigenvalue weighted by Gasteiger charge is 2.44. The van der Waals surface area contributed by atoms with Crippen LogP contribution in [-0.4, -0.2) is 13.2 Å². The van der Waals surface area contributed by atoms with Gasteiger partial charge in [-0.15, -0.1) is 0 Å². The lowest BCUT2D eigenvalue weighted by atomic mass is 9.85. The van der Waals surface area contributed by atoms with Crippen LogP contribution in [0.3, 0.4) is 0 Å². The fourth-order valence-electron chi connectivity index (χ4n) is 6.04. The van der Waals surface area contributed by atoms with E-state index < -0.39 is 8.07 Å². The van der Waals surface area contributed by atoms with Gasteiger partial charge in [-0.3, -0.25) is 0 Å². The highest BCUT2D eigenvalue weighted by molar-refractivity contribution is 6.92. The minimum absolute atomic E-state index is 0.0754. The van der Waals surface area contributed by atoms with Crippen LogP contribution in [0.15, 0.2) is 84.9 Å². The first-order chi connectivity index (χ1) is 17.3. The molecule has 0 saturated carbocycles. The van der Waals surface area contributed by atoms with Crippen LogP contribution in [0, 0.1) is 0 Å². The zero-order chi connectivity index (χ0) is 26.8. The molecule has 0 bridgehead atoms. The molecule has 5 rings (SSSR count). The molecule has 0 atom stereocenters. The van der Waals surface area contributed by atoms with Crippen molar-refractivity contribution in [2.24, 2.45) is 0 Å². The Kier molecular flexibility index (Phi) is 6.03. The Bertz CT molecular complexity index is 1400. The number of phenols is 1. The Labute approximate surface area is 224 Å². The minimum Gasteiger partial charge on any atom is -0.507 e. The third-order valence-electron chi connectivity index (χ3n) is 8.28. The normalized spacial score (nSPS) is 13.9. The molecule has 0 unspecified atom stereocenters. The van der Waals surface area contributed by atoms with Crippen LogP contribution in [0.4, 0.5) is 0 Å². The maximum absolute atomic E-state index is 11.7. The molecule has 2 heteroatoms. The Morgan fingerprint density at radius 3 is 1.59 bits per heavy atom. The summed E-state index contributed by atoms with van der Waals surface area (Å²) >= 11 is 0. The third kappa shape index (κ3) is 4.36. The Morgan fingerprint density at radius 1 is 0.595 bits per heavy atom. The predicted molar refractivity (Wildman–Crippen MR) is 162 cm³/mol. The van der Waals surface area contributed by atoms with E-state index in [0.29, 0.717) is 5.75 Å². The molecular weight excluding hydrogens is 464 g/mol. The van der Waals surface area contributed by atoms with Crippen molar-refractivity contribution in [2.75, 3.05) is 0 Å². The summed E-state index contributed by atoms with van der Waals surface area (Å²) in [6.07, 6.45) is 0. The molecule has 1 N–H and O–H groups in total. The molecule has 0 aromatic heterocycles. The summed E-state index contributed by atoms with van der Waals surface area (Å²) in [5, 5.41) is 12.9. The fourth-order valence-corrected chi connectivity index (χ4v) is 9.66. The average molecular weight is 505 g/mol. The number of aromatic hydroxyl groups is 1. The Balaban J connectivity index is 1.75. The second kappa shape index (κ2) is 8.74. The van der Waals surface area contributed by atoms with Crippen molar-refractivity contribution in [3.63, 3.8) is 0 Å². The van der Waals surface area contributed by atoms with E-state index in [1.807, 2.05) is 24.3 Å². The van der Waals surface area contributed by atoms with Gasteiger partial charge in [0.2, 0.25) is 0 Å². The van der Waals surface area contributed by atoms with Crippen molar-refractivity contribution >= 4 is 13.3 Å². The van der Waals surface area contributed by atoms with E-state index in [-0.39, 0.29) is 16.4 Å². The molecule has 0 fully saturated rings. The highest BCUT2D eigenvalue weighted by Crippen LogP contribution is 2.51. The zero-order valence-electron chi connectivity index (χ0n) is 23.6. The predicted octanol–water partition coefficient (Wildman–Crippen LogP) is 8.92. The Hall–Kier alpha value is -3.10. The number of fused-ring (bicyclic) bond motifs is 3. The van der Waals surface area contributed by atoms with Crippen LogP contribution >= 0.6 is 0 Å². The van der Waals surface area contributed by atoms with Gasteiger partial charge in [-0.05, 0) is 55.0 Å². The number of hydrogen-bond acceptors (Lipinski definition) is 1. The van der Waals surface area contributed by atoms with Gasteiger partial charge < -0.3 is 5.11 Å². The molecule has 1 aliphatic carbocycles. The van der Waals surface area contributed by atoms with Gasteiger partial charge in [-0.1, -0.05) is 140 Å². The van der Waals surface area contributed by atoms with Crippen molar-refractivity contribution in [3.8, 4) is 28.0 Å². The molecule has 0 saturated heterocycles. The monoisotopic (exact) mass is 504 g/mol. The molecule has 0 radical (unpaired) electrons. The van der Waals surface area contributed by atoms with Gasteiger partial charge in [0, 0.05) is 11.1 Å². The SMILES string of the molecule is CC(C)(C)c1ccc2c(c1)C([Si](C)(C)c1cccc(-c3ccccc3)c1O)c1cc(C(C)(C)C)ccc1-2. The van der Waals surface area contributed by atoms with Gasteiger partial charge in [0.25, 0.3) is 0 Å². The lowest BCUT2D eigenvalue weighted by Gasteiger charge is -2.34. The Morgan fingerprint density at radius 2 is 1.11 bits per heavy atom. The summed E-state index contributed by atoms with van der Waals surface area (Å²) < 4.78 is 0. The van der Waals surface area contributed by atoms with Crippen LogP contribution in [0.5, 0.6) is 5.75 Å². The van der Waals surface area contributed by atoms with E-state index in [1.165, 1.54) is 33.4 Å². The van der Waals surface area contributed by atoms with Gasteiger partial charge in [-0.2, -0.15) is 0 Å². The first-order valence-corrected chi connectivity index (χ1v) is 16.5. The van der Waals surface area contributed by atoms with Crippen LogP contribution in [-0.2, 0) is 10.8 Å². The number of hydrogen-bond donors (Lipinski definition) is 1. The molecule has 0 amide bonds. The molecule has 0 aliphatic heterocycles. The number of benzene rings is 4. The molecule has 4 aromatic carbocycles. The summed E-state index contributed by atoms with van der Waals surface area (Å²) in [7, 11) is -2.27. The highest BCUT2D eigenvalue weighted by atomic mass is 28.3. The molecule has 0 heterocycles. The van der Waals surface area contributed by atoms with Crippen LogP contribution in [0.2, 0.25) is 13.1 Å². The fraction of sp³-hybridized carbons (Fsp3) is 0.314. The second-order valence-corrected chi connectivity index (χ2v) is 17.9. The summed E-state index contributed by atoms with van der Waals surface area (Å²) in [4.78, 5) is 0. The molecule has 1 aliphatic rings. The first-order valence-electron chi connectivity index (χ1n) is 13.5. The van der Waals surface area contributed by atoms with Gasteiger partial charge >= 0.3 is 0 Å². The van der Waals surface area contributed by atoms with Crippen molar-refractivity contribution in [3.05, 3.63) is 107 Å². The molecule has 1 nitrogen and oxygen atoms in total. The maximum atomic E-state index is 11.7. The van der Waals surface area contributed by atoms with E-state index >= 15 is 0 Å². The summed E-state index contributed by atoms with van der Waals surface area (Å²) in [6, 6.07) is 30.8. The van der Waals surface area contributed by atoms with Gasteiger partial charge in [0.1, 0.15) is 5.75 Å². The largest absolute Gasteiger partial charge is 0.507 e. The molecule has 4 aromatic rings. The standard InChI is InChI=1S/C35H40OSi/c1-34(2,3)24-17-19-27-28-20-18-25(35(4,5)6)22-30(28)33(29(27)21-24)37(7,8)31-16-12-15-26(32(31)36)23-13-10-9-11-14-23/h9-22,33,36H,1-8H3. The van der Waals surface area contributed by atoms with Crippen molar-refractivity contribution in [1.29, 1.82) is 0 Å². The first kappa shape index (κ1) is 25.5. The molecular formula is C35H40OSi. The van der Waals surface area contributed by atoms with Crippen LogP contribution in [0.25, 0.3) is 22.3 Å². The van der Waals surface area contributed by atoms with Crippen LogP contribution < -0.4 is 5.19 Å². The summed E-state index contributed by atoms with van der Waals surface area (Å²) in [6.45, 7) is 18.6. The number of phenolic OH excluding ortho intramolecular Hbond substituents is 1. The van der Waals surface area contributed by atoms with Gasteiger partial charge in [0.05, 0.1) is 8.07 Å². The third-order valence-corrected chi connectivity index (χ3v) is 12.1. The molecule has 190 valence electrons. The summed E-state index contributed by atoms with van der Waals surface area (Å²) in [5.41, 5.74) is 10.7. The topological polar surface area (TPSA) is 20.2 Å². The quantitative estimate of drug-likeness (QED) is 0.276. The van der Waals surface area contributed by atoms with Crippen molar-refractivity contribution in [1.82, 2.24) is 0 Å². The lowest BCUT2D eigenvalue weighted by molar-refractivity contribution is 0.481. The second-order valence-electron chi connectivity index (χ2n) is 13.3. The molecule has 0 spiro atoms. The summed E-state index contributed by atoms with van der Waals surface area (Å²) in [5.74, 6) is 0.444. The number of para-hydroxylation sites is 1. The van der Waals surface area contributed by atoms with Gasteiger partial charge in [-0.25, -0.2) is 0 Å². The van der Waals surface area contributed by atoms with Crippen molar-refractivity contribution in [2.45, 2.75) is 71.0 Å². The van der Waals surface area contributed by atoms with Gasteiger partial charge in [0.15, 0.2) is 0 Å². The average Bonchev–Trinajstić information content (AvgIpc) is 3.17. The van der Waals surface area contributed by atoms with E-state index in [9.17, 15) is 5.11 Å². The smallest absolute Gasteiger partial charge is 0.122 e. The van der Waals surface area contributed by atoms with E-state index in [0.717, 1.165) is 16.3 Å². The van der Waals surface area contributed by atoms with E-state index in [4.69, 9.17) is 0 Å².